The van der Waals surface area contributed by atoms with Gasteiger partial charge in [-0.05, 0) is 11.6 Å². The molecule has 2 nitrogen and oxygen atoms in total. The maximum absolute atomic E-state index is 4.56. The molecule has 0 fully saturated rings. The van der Waals surface area contributed by atoms with E-state index in [4.69, 9.17) is 0 Å². The van der Waals surface area contributed by atoms with Gasteiger partial charge in [-0.15, -0.1) is 0 Å². The number of allylic oxidation sites excluding steroid dienone is 2. The lowest BCUT2D eigenvalue weighted by Crippen LogP contribution is -2.11. The molecule has 0 amide bonds. The van der Waals surface area contributed by atoms with Crippen LogP contribution in [0.1, 0.15) is 5.56 Å². The maximum Gasteiger partial charge on any atom is 0.184 e. The summed E-state index contributed by atoms with van der Waals surface area (Å²) in [5.41, 5.74) is 2.28. The minimum atomic E-state index is 0.144. The highest BCUT2D eigenvalue weighted by Gasteiger charge is 2.19. The van der Waals surface area contributed by atoms with Crippen molar-refractivity contribution in [2.75, 3.05) is 5.75 Å². The zero-order chi connectivity index (χ0) is 12.9. The van der Waals surface area contributed by atoms with Crippen LogP contribution >= 0.6 is 11.8 Å². The van der Waals surface area contributed by atoms with Gasteiger partial charge >= 0.3 is 0 Å². The summed E-state index contributed by atoms with van der Waals surface area (Å²) in [5.74, 6) is 0.894. The highest BCUT2D eigenvalue weighted by atomic mass is 32.2. The Hall–Kier alpha value is -1.87. The summed E-state index contributed by atoms with van der Waals surface area (Å²) < 4.78 is 0. The number of rotatable bonds is 3. The van der Waals surface area contributed by atoms with Crippen LogP contribution in [-0.2, 0) is 0 Å². The summed E-state index contributed by atoms with van der Waals surface area (Å²) in [6.45, 7) is 0. The van der Waals surface area contributed by atoms with E-state index in [1.807, 2.05) is 36.4 Å². The van der Waals surface area contributed by atoms with Gasteiger partial charge in [0, 0.05) is 5.75 Å². The van der Waals surface area contributed by atoms with Crippen LogP contribution < -0.4 is 0 Å². The average Bonchev–Trinajstić information content (AvgIpc) is 2.87. The van der Waals surface area contributed by atoms with Crippen molar-refractivity contribution in [2.24, 2.45) is 9.98 Å². The van der Waals surface area contributed by atoms with Crippen molar-refractivity contribution < 1.29 is 0 Å². The number of hydrogen-bond donors (Lipinski definition) is 0. The minimum Gasteiger partial charge on any atom is -0.247 e. The summed E-state index contributed by atoms with van der Waals surface area (Å²) in [6, 6.07) is 10.5. The molecule has 0 spiro atoms. The molecule has 1 aromatic carbocycles. The molecule has 1 aromatic rings. The molecule has 0 aromatic heterocycles. The van der Waals surface area contributed by atoms with Crippen LogP contribution in [0.3, 0.4) is 0 Å². The second-order valence-corrected chi connectivity index (χ2v) is 5.25. The summed E-state index contributed by atoms with van der Waals surface area (Å²) in [6.07, 6.45) is 12.4. The Morgan fingerprint density at radius 1 is 1.16 bits per heavy atom. The van der Waals surface area contributed by atoms with Crippen molar-refractivity contribution in [3.05, 3.63) is 66.3 Å². The van der Waals surface area contributed by atoms with Crippen LogP contribution in [0.25, 0.3) is 6.08 Å². The van der Waals surface area contributed by atoms with E-state index in [0.29, 0.717) is 0 Å². The molecule has 1 heterocycles. The number of thioether (sulfide) groups is 1. The van der Waals surface area contributed by atoms with Crippen molar-refractivity contribution in [1.82, 2.24) is 0 Å². The second-order valence-electron chi connectivity index (χ2n) is 4.26. The third-order valence-corrected chi connectivity index (χ3v) is 3.68. The number of nitrogens with zero attached hydrogens (tertiary/aromatic N) is 2. The molecule has 1 atom stereocenters. The van der Waals surface area contributed by atoms with Crippen molar-refractivity contribution in [3.63, 3.8) is 0 Å². The van der Waals surface area contributed by atoms with Gasteiger partial charge in [0.1, 0.15) is 6.04 Å². The van der Waals surface area contributed by atoms with Crippen LogP contribution in [0.15, 0.2) is 70.7 Å². The second kappa shape index (κ2) is 5.85. The molecule has 0 saturated heterocycles. The Labute approximate surface area is 117 Å². The van der Waals surface area contributed by atoms with E-state index in [0.717, 1.165) is 16.6 Å². The maximum atomic E-state index is 4.56. The van der Waals surface area contributed by atoms with Crippen molar-refractivity contribution in [1.29, 1.82) is 0 Å². The van der Waals surface area contributed by atoms with Crippen molar-refractivity contribution in [3.8, 4) is 0 Å². The van der Waals surface area contributed by atoms with Gasteiger partial charge < -0.3 is 0 Å². The lowest BCUT2D eigenvalue weighted by Gasteiger charge is -2.02. The van der Waals surface area contributed by atoms with E-state index in [9.17, 15) is 0 Å². The SMILES string of the molecule is C1=CC2=NC(SC/C=C/c3ccccc3)=NC2C=C1. The topological polar surface area (TPSA) is 24.7 Å². The first-order chi connectivity index (χ1) is 9.42. The molecule has 0 bridgehead atoms. The molecule has 3 heteroatoms. The highest BCUT2D eigenvalue weighted by Crippen LogP contribution is 2.19. The van der Waals surface area contributed by atoms with Crippen molar-refractivity contribution >= 4 is 28.7 Å². The molecular weight excluding hydrogens is 252 g/mol. The standard InChI is InChI=1S/C16H14N2S/c1-2-7-13(8-3-1)9-6-12-19-16-17-14-10-4-5-11-15(14)18-16/h1-11,14H,12H2/b9-6+. The zero-order valence-corrected chi connectivity index (χ0v) is 11.3. The normalized spacial score (nSPS) is 20.5. The Morgan fingerprint density at radius 3 is 2.89 bits per heavy atom. The van der Waals surface area contributed by atoms with Gasteiger partial charge in [0.05, 0.1) is 5.71 Å². The van der Waals surface area contributed by atoms with Gasteiger partial charge in [-0.1, -0.05) is 72.5 Å². The third kappa shape index (κ3) is 3.12. The predicted octanol–water partition coefficient (Wildman–Crippen LogP) is 3.74. The van der Waals surface area contributed by atoms with E-state index < -0.39 is 0 Å². The molecule has 2 aliphatic rings. The lowest BCUT2D eigenvalue weighted by atomic mass is 10.1. The largest absolute Gasteiger partial charge is 0.247 e. The molecule has 0 N–H and O–H groups in total. The van der Waals surface area contributed by atoms with Crippen LogP contribution in [0.5, 0.6) is 0 Å². The summed E-state index contributed by atoms with van der Waals surface area (Å²) in [5, 5.41) is 0.883. The lowest BCUT2D eigenvalue weighted by molar-refractivity contribution is 1.11. The number of aliphatic imine (C=N–C) groups is 2. The monoisotopic (exact) mass is 266 g/mol. The average molecular weight is 266 g/mol. The van der Waals surface area contributed by atoms with Crippen LogP contribution in [0.2, 0.25) is 0 Å². The van der Waals surface area contributed by atoms with Crippen LogP contribution in [0.4, 0.5) is 0 Å². The predicted molar refractivity (Wildman–Crippen MR) is 84.9 cm³/mol. The summed E-state index contributed by atoms with van der Waals surface area (Å²) in [4.78, 5) is 9.07. The highest BCUT2D eigenvalue weighted by molar-refractivity contribution is 8.14. The van der Waals surface area contributed by atoms with Gasteiger partial charge in [-0.25, -0.2) is 9.98 Å². The third-order valence-electron chi connectivity index (χ3n) is 2.87. The first kappa shape index (κ1) is 12.2. The van der Waals surface area contributed by atoms with E-state index in [1.165, 1.54) is 5.56 Å². The van der Waals surface area contributed by atoms with E-state index in [1.54, 1.807) is 11.8 Å². The molecular formula is C16H14N2S. The van der Waals surface area contributed by atoms with E-state index in [-0.39, 0.29) is 6.04 Å². The van der Waals surface area contributed by atoms with Crippen molar-refractivity contribution in [2.45, 2.75) is 6.04 Å². The van der Waals surface area contributed by atoms with E-state index >= 15 is 0 Å². The summed E-state index contributed by atoms with van der Waals surface area (Å²) in [7, 11) is 0. The fraction of sp³-hybridized carbons (Fsp3) is 0.125. The van der Waals surface area contributed by atoms with Gasteiger partial charge in [-0.2, -0.15) is 0 Å². The Morgan fingerprint density at radius 2 is 2.05 bits per heavy atom. The summed E-state index contributed by atoms with van der Waals surface area (Å²) >= 11 is 1.68. The van der Waals surface area contributed by atoms with Gasteiger partial charge in [-0.3, -0.25) is 0 Å². The number of hydrogen-bond acceptors (Lipinski definition) is 3. The first-order valence-electron chi connectivity index (χ1n) is 6.27. The molecule has 0 radical (unpaired) electrons. The van der Waals surface area contributed by atoms with Crippen LogP contribution in [0, 0.1) is 0 Å². The number of amidine groups is 1. The minimum absolute atomic E-state index is 0.144. The molecule has 0 saturated carbocycles. The Bertz CT molecular complexity index is 594. The molecule has 94 valence electrons. The fourth-order valence-corrected chi connectivity index (χ4v) is 2.63. The fourth-order valence-electron chi connectivity index (χ4n) is 1.93. The molecule has 1 aliphatic carbocycles. The molecule has 19 heavy (non-hydrogen) atoms. The molecule has 3 rings (SSSR count). The Kier molecular flexibility index (Phi) is 3.75. The first-order valence-corrected chi connectivity index (χ1v) is 7.26. The quantitative estimate of drug-likeness (QED) is 0.818. The van der Waals surface area contributed by atoms with Crippen LogP contribution in [-0.4, -0.2) is 22.7 Å². The van der Waals surface area contributed by atoms with Gasteiger partial charge in [0.15, 0.2) is 5.17 Å². The Balaban J connectivity index is 1.54. The molecule has 1 aliphatic heterocycles. The number of benzene rings is 1. The van der Waals surface area contributed by atoms with Gasteiger partial charge in [0.2, 0.25) is 0 Å². The zero-order valence-electron chi connectivity index (χ0n) is 10.4. The number of fused-ring (bicyclic) bond motifs is 1. The molecule has 1 unspecified atom stereocenters. The van der Waals surface area contributed by atoms with E-state index in [2.05, 4.69) is 40.3 Å². The van der Waals surface area contributed by atoms with Gasteiger partial charge in [0.25, 0.3) is 0 Å². The smallest absolute Gasteiger partial charge is 0.184 e.